The Kier molecular flexibility index (Phi) is 5.64. The number of thioether (sulfide) groups is 1. The fourth-order valence-electron chi connectivity index (χ4n) is 1.31. The van der Waals surface area contributed by atoms with Crippen molar-refractivity contribution in [2.45, 2.75) is 31.2 Å². The van der Waals surface area contributed by atoms with E-state index in [0.29, 0.717) is 6.04 Å². The molecule has 0 aliphatic rings. The van der Waals surface area contributed by atoms with Crippen LogP contribution in [0.4, 0.5) is 0 Å². The third-order valence-corrected chi connectivity index (χ3v) is 3.91. The summed E-state index contributed by atoms with van der Waals surface area (Å²) in [5.41, 5.74) is 2.64. The van der Waals surface area contributed by atoms with Gasteiger partial charge in [-0.15, -0.1) is 11.8 Å². The third-order valence-electron chi connectivity index (χ3n) is 2.76. The second kappa shape index (κ2) is 6.77. The molecule has 88 valence electrons. The van der Waals surface area contributed by atoms with Gasteiger partial charge in [0, 0.05) is 16.7 Å². The Bertz CT molecular complexity index is 329. The first-order chi connectivity index (χ1) is 7.67. The summed E-state index contributed by atoms with van der Waals surface area (Å²) in [6.07, 6.45) is 1.07. The van der Waals surface area contributed by atoms with Crippen LogP contribution in [0.5, 0.6) is 0 Å². The molecule has 1 atom stereocenters. The first-order valence-corrected chi connectivity index (χ1v) is 6.72. The van der Waals surface area contributed by atoms with Crippen molar-refractivity contribution < 1.29 is 0 Å². The summed E-state index contributed by atoms with van der Waals surface area (Å²) in [4.78, 5) is 1.32. The highest BCUT2D eigenvalue weighted by molar-refractivity contribution is 7.99. The zero-order valence-corrected chi connectivity index (χ0v) is 11.2. The highest BCUT2D eigenvalue weighted by atomic mass is 32.2. The molecule has 0 radical (unpaired) electrons. The average molecular weight is 235 g/mol. The summed E-state index contributed by atoms with van der Waals surface area (Å²) in [5, 5.41) is 3.24. The molecule has 0 saturated carbocycles. The molecule has 16 heavy (non-hydrogen) atoms. The van der Waals surface area contributed by atoms with Crippen LogP contribution in [0, 0.1) is 0 Å². The number of hydrogen-bond donors (Lipinski definition) is 1. The van der Waals surface area contributed by atoms with Gasteiger partial charge in [-0.25, -0.2) is 0 Å². The van der Waals surface area contributed by atoms with Crippen molar-refractivity contribution in [2.24, 2.45) is 0 Å². The van der Waals surface area contributed by atoms with E-state index in [2.05, 4.69) is 50.0 Å². The lowest BCUT2D eigenvalue weighted by Gasteiger charge is -2.11. The summed E-state index contributed by atoms with van der Waals surface area (Å²) in [6.45, 7) is 8.34. The van der Waals surface area contributed by atoms with E-state index in [4.69, 9.17) is 0 Å². The fourth-order valence-corrected chi connectivity index (χ4v) is 2.21. The maximum atomic E-state index is 4.02. The van der Waals surface area contributed by atoms with Gasteiger partial charge in [0.15, 0.2) is 0 Å². The minimum absolute atomic E-state index is 0.421. The predicted octanol–water partition coefficient (Wildman–Crippen LogP) is 4.03. The van der Waals surface area contributed by atoms with Crippen LogP contribution in [0.25, 0.3) is 0 Å². The molecule has 0 aliphatic carbocycles. The molecule has 1 nitrogen and oxygen atoms in total. The van der Waals surface area contributed by atoms with Crippen LogP contribution in [0.1, 0.15) is 31.9 Å². The molecule has 1 aromatic rings. The quantitative estimate of drug-likeness (QED) is 0.590. The van der Waals surface area contributed by atoms with Crippen molar-refractivity contribution in [2.75, 3.05) is 12.8 Å². The topological polar surface area (TPSA) is 12.0 Å². The van der Waals surface area contributed by atoms with Gasteiger partial charge in [0.2, 0.25) is 0 Å². The summed E-state index contributed by atoms with van der Waals surface area (Å²) in [7, 11) is 1.98. The van der Waals surface area contributed by atoms with E-state index < -0.39 is 0 Å². The predicted molar refractivity (Wildman–Crippen MR) is 74.1 cm³/mol. The minimum Gasteiger partial charge on any atom is -0.313 e. The van der Waals surface area contributed by atoms with Gasteiger partial charge in [-0.05, 0) is 38.1 Å². The van der Waals surface area contributed by atoms with Crippen LogP contribution in [0.3, 0.4) is 0 Å². The zero-order valence-electron chi connectivity index (χ0n) is 10.4. The van der Waals surface area contributed by atoms with Crippen LogP contribution in [0.2, 0.25) is 0 Å². The monoisotopic (exact) mass is 235 g/mol. The molecular weight excluding hydrogens is 214 g/mol. The van der Waals surface area contributed by atoms with Gasteiger partial charge in [-0.1, -0.05) is 31.2 Å². The van der Waals surface area contributed by atoms with Crippen LogP contribution in [0.15, 0.2) is 41.3 Å². The van der Waals surface area contributed by atoms with Gasteiger partial charge in [0.1, 0.15) is 0 Å². The van der Waals surface area contributed by atoms with Crippen LogP contribution in [-0.2, 0) is 0 Å². The van der Waals surface area contributed by atoms with E-state index in [1.807, 2.05) is 18.8 Å². The van der Waals surface area contributed by atoms with Crippen molar-refractivity contribution in [1.29, 1.82) is 0 Å². The normalized spacial score (nSPS) is 12.4. The average Bonchev–Trinajstić information content (AvgIpc) is 2.35. The van der Waals surface area contributed by atoms with E-state index >= 15 is 0 Å². The maximum Gasteiger partial charge on any atom is 0.0289 e. The van der Waals surface area contributed by atoms with E-state index in [1.165, 1.54) is 16.0 Å². The molecule has 0 spiro atoms. The van der Waals surface area contributed by atoms with E-state index in [9.17, 15) is 0 Å². The SMILES string of the molecule is C=C(CC)CSc1ccc(C(C)NC)cc1. The molecule has 0 bridgehead atoms. The number of benzene rings is 1. The van der Waals surface area contributed by atoms with Gasteiger partial charge in [0.05, 0.1) is 0 Å². The zero-order chi connectivity index (χ0) is 12.0. The third kappa shape index (κ3) is 4.03. The second-order valence-electron chi connectivity index (χ2n) is 3.97. The van der Waals surface area contributed by atoms with Crippen molar-refractivity contribution >= 4 is 11.8 Å². The largest absolute Gasteiger partial charge is 0.313 e. The highest BCUT2D eigenvalue weighted by Gasteiger charge is 2.02. The smallest absolute Gasteiger partial charge is 0.0289 e. The Hall–Kier alpha value is -0.730. The van der Waals surface area contributed by atoms with E-state index in [0.717, 1.165) is 12.2 Å². The maximum absolute atomic E-state index is 4.02. The molecule has 0 aliphatic heterocycles. The van der Waals surface area contributed by atoms with Crippen molar-refractivity contribution in [3.63, 3.8) is 0 Å². The van der Waals surface area contributed by atoms with Crippen LogP contribution in [-0.4, -0.2) is 12.8 Å². The van der Waals surface area contributed by atoms with Gasteiger partial charge in [-0.3, -0.25) is 0 Å². The van der Waals surface area contributed by atoms with Crippen LogP contribution >= 0.6 is 11.8 Å². The van der Waals surface area contributed by atoms with Crippen LogP contribution < -0.4 is 5.32 Å². The minimum atomic E-state index is 0.421. The summed E-state index contributed by atoms with van der Waals surface area (Å²) in [5.74, 6) is 1.03. The lowest BCUT2D eigenvalue weighted by molar-refractivity contribution is 0.652. The molecular formula is C14H21NS. The highest BCUT2D eigenvalue weighted by Crippen LogP contribution is 2.23. The summed E-state index contributed by atoms with van der Waals surface area (Å²) >= 11 is 1.86. The Morgan fingerprint density at radius 2 is 2.00 bits per heavy atom. The Labute approximate surface area is 103 Å². The molecule has 0 saturated heterocycles. The lowest BCUT2D eigenvalue weighted by Crippen LogP contribution is -2.11. The first kappa shape index (κ1) is 13.3. The molecule has 1 unspecified atom stereocenters. The first-order valence-electron chi connectivity index (χ1n) is 5.74. The van der Waals surface area contributed by atoms with Gasteiger partial charge in [-0.2, -0.15) is 0 Å². The van der Waals surface area contributed by atoms with E-state index in [-0.39, 0.29) is 0 Å². The molecule has 0 fully saturated rings. The number of rotatable bonds is 6. The lowest BCUT2D eigenvalue weighted by atomic mass is 10.1. The van der Waals surface area contributed by atoms with Gasteiger partial charge < -0.3 is 5.32 Å². The Morgan fingerprint density at radius 1 is 1.38 bits per heavy atom. The van der Waals surface area contributed by atoms with Crippen molar-refractivity contribution in [1.82, 2.24) is 5.32 Å². The molecule has 1 aromatic carbocycles. The molecule has 1 rings (SSSR count). The van der Waals surface area contributed by atoms with Crippen molar-refractivity contribution in [3.8, 4) is 0 Å². The fraction of sp³-hybridized carbons (Fsp3) is 0.429. The molecule has 0 amide bonds. The van der Waals surface area contributed by atoms with Gasteiger partial charge in [0.25, 0.3) is 0 Å². The molecule has 1 N–H and O–H groups in total. The molecule has 2 heteroatoms. The number of nitrogens with one attached hydrogen (secondary N) is 1. The Balaban J connectivity index is 2.54. The second-order valence-corrected chi connectivity index (χ2v) is 5.02. The summed E-state index contributed by atoms with van der Waals surface area (Å²) < 4.78 is 0. The molecule has 0 aromatic heterocycles. The van der Waals surface area contributed by atoms with E-state index in [1.54, 1.807) is 0 Å². The summed E-state index contributed by atoms with van der Waals surface area (Å²) in [6, 6.07) is 9.19. The molecule has 0 heterocycles. The van der Waals surface area contributed by atoms with Gasteiger partial charge >= 0.3 is 0 Å². The Morgan fingerprint density at radius 3 is 2.50 bits per heavy atom. The van der Waals surface area contributed by atoms with Crippen molar-refractivity contribution in [3.05, 3.63) is 42.0 Å². The standard InChI is InChI=1S/C14H21NS/c1-5-11(2)10-16-14-8-6-13(7-9-14)12(3)15-4/h6-9,12,15H,2,5,10H2,1,3-4H3. The number of hydrogen-bond acceptors (Lipinski definition) is 2.